The average Bonchev–Trinajstić information content (AvgIpc) is 2.46. The molecule has 0 radical (unpaired) electrons. The molecule has 0 spiro atoms. The highest BCUT2D eigenvalue weighted by Gasteiger charge is 2.22. The molecule has 21 heavy (non-hydrogen) atoms. The van der Waals surface area contributed by atoms with Gasteiger partial charge in [-0.1, -0.05) is 28.1 Å². The lowest BCUT2D eigenvalue weighted by atomic mass is 10.1. The zero-order valence-corrected chi connectivity index (χ0v) is 12.6. The monoisotopic (exact) mass is 350 g/mol. The van der Waals surface area contributed by atoms with Crippen molar-refractivity contribution in [1.29, 1.82) is 0 Å². The lowest BCUT2D eigenvalue weighted by Crippen LogP contribution is -2.13. The number of nitro groups is 1. The molecule has 0 aliphatic heterocycles. The molecular formula is C14H11BrN2O4. The minimum atomic E-state index is -0.589. The predicted octanol–water partition coefficient (Wildman–Crippen LogP) is 3.62. The quantitative estimate of drug-likeness (QED) is 0.674. The molecule has 6 nitrogen and oxygen atoms in total. The number of anilines is 1. The number of nitrogens with one attached hydrogen (secondary N) is 1. The predicted molar refractivity (Wildman–Crippen MR) is 81.7 cm³/mol. The molecule has 2 aromatic carbocycles. The molecular weight excluding hydrogens is 340 g/mol. The smallest absolute Gasteiger partial charge is 0.311 e. The van der Waals surface area contributed by atoms with Crippen LogP contribution >= 0.6 is 15.9 Å². The number of nitrogens with zero attached hydrogens (tertiary/aromatic N) is 1. The van der Waals surface area contributed by atoms with Gasteiger partial charge in [0.15, 0.2) is 0 Å². The summed E-state index contributed by atoms with van der Waals surface area (Å²) in [5.74, 6) is -0.538. The largest absolute Gasteiger partial charge is 0.490 e. The van der Waals surface area contributed by atoms with Crippen molar-refractivity contribution in [3.63, 3.8) is 0 Å². The van der Waals surface area contributed by atoms with Gasteiger partial charge < -0.3 is 10.1 Å². The third-order valence-electron chi connectivity index (χ3n) is 2.72. The van der Waals surface area contributed by atoms with Gasteiger partial charge in [-0.25, -0.2) is 0 Å². The molecule has 1 amide bonds. The fourth-order valence-electron chi connectivity index (χ4n) is 1.83. The van der Waals surface area contributed by atoms with E-state index in [2.05, 4.69) is 21.2 Å². The van der Waals surface area contributed by atoms with E-state index in [1.807, 2.05) is 6.07 Å². The van der Waals surface area contributed by atoms with Crippen LogP contribution in [0.2, 0.25) is 0 Å². The van der Waals surface area contributed by atoms with E-state index in [1.165, 1.54) is 25.3 Å². The Kier molecular flexibility index (Phi) is 4.54. The number of rotatable bonds is 4. The number of benzene rings is 2. The number of carbonyl (C=O) groups is 1. The Morgan fingerprint density at radius 2 is 2.00 bits per heavy atom. The summed E-state index contributed by atoms with van der Waals surface area (Å²) in [5, 5.41) is 13.6. The first-order valence-electron chi connectivity index (χ1n) is 5.91. The SMILES string of the molecule is COc1c(C(=O)Nc2cccc(Br)c2)cccc1[N+](=O)[O-]. The molecule has 2 aromatic rings. The third-order valence-corrected chi connectivity index (χ3v) is 3.22. The van der Waals surface area contributed by atoms with Gasteiger partial charge in [0.25, 0.3) is 5.91 Å². The summed E-state index contributed by atoms with van der Waals surface area (Å²) >= 11 is 3.30. The number of amides is 1. The number of halogens is 1. The molecule has 108 valence electrons. The van der Waals surface area contributed by atoms with E-state index in [0.717, 1.165) is 4.47 Å². The van der Waals surface area contributed by atoms with E-state index in [0.29, 0.717) is 5.69 Å². The van der Waals surface area contributed by atoms with Crippen molar-refractivity contribution in [2.45, 2.75) is 0 Å². The number of hydrogen-bond acceptors (Lipinski definition) is 4. The number of carbonyl (C=O) groups excluding carboxylic acids is 1. The minimum absolute atomic E-state index is 0.0602. The van der Waals surface area contributed by atoms with Crippen LogP contribution in [0.4, 0.5) is 11.4 Å². The van der Waals surface area contributed by atoms with Crippen LogP contribution in [-0.4, -0.2) is 17.9 Å². The second-order valence-corrected chi connectivity index (χ2v) is 5.00. The summed E-state index contributed by atoms with van der Waals surface area (Å²) in [4.78, 5) is 22.6. The van der Waals surface area contributed by atoms with Crippen LogP contribution in [0.5, 0.6) is 5.75 Å². The van der Waals surface area contributed by atoms with Crippen molar-refractivity contribution in [2.24, 2.45) is 0 Å². The maximum absolute atomic E-state index is 12.3. The van der Waals surface area contributed by atoms with E-state index >= 15 is 0 Å². The highest BCUT2D eigenvalue weighted by atomic mass is 79.9. The lowest BCUT2D eigenvalue weighted by Gasteiger charge is -2.09. The fourth-order valence-corrected chi connectivity index (χ4v) is 2.23. The molecule has 0 saturated carbocycles. The Balaban J connectivity index is 2.35. The van der Waals surface area contributed by atoms with Gasteiger partial charge in [-0.3, -0.25) is 14.9 Å². The van der Waals surface area contributed by atoms with Crippen LogP contribution in [-0.2, 0) is 0 Å². The molecule has 2 rings (SSSR count). The topological polar surface area (TPSA) is 81.5 Å². The number of para-hydroxylation sites is 1. The summed E-state index contributed by atoms with van der Waals surface area (Å²) in [6.07, 6.45) is 0. The van der Waals surface area contributed by atoms with E-state index in [-0.39, 0.29) is 17.0 Å². The molecule has 0 bridgehead atoms. The second-order valence-electron chi connectivity index (χ2n) is 4.08. The van der Waals surface area contributed by atoms with Crippen LogP contribution in [0.25, 0.3) is 0 Å². The Morgan fingerprint density at radius 1 is 1.29 bits per heavy atom. The molecule has 0 aliphatic carbocycles. The average molecular weight is 351 g/mol. The number of hydrogen-bond donors (Lipinski definition) is 1. The molecule has 0 saturated heterocycles. The molecule has 0 heterocycles. The molecule has 1 N–H and O–H groups in total. The summed E-state index contributed by atoms with van der Waals surface area (Å²) < 4.78 is 5.82. The summed E-state index contributed by atoms with van der Waals surface area (Å²) in [6, 6.07) is 11.2. The molecule has 7 heteroatoms. The minimum Gasteiger partial charge on any atom is -0.490 e. The normalized spacial score (nSPS) is 10.0. The highest BCUT2D eigenvalue weighted by molar-refractivity contribution is 9.10. The molecule has 0 unspecified atom stereocenters. The maximum Gasteiger partial charge on any atom is 0.311 e. The van der Waals surface area contributed by atoms with Gasteiger partial charge in [0.1, 0.15) is 0 Å². The van der Waals surface area contributed by atoms with Gasteiger partial charge in [0.05, 0.1) is 17.6 Å². The highest BCUT2D eigenvalue weighted by Crippen LogP contribution is 2.31. The second kappa shape index (κ2) is 6.36. The first kappa shape index (κ1) is 15.0. The molecule has 0 atom stereocenters. The van der Waals surface area contributed by atoms with E-state index in [4.69, 9.17) is 4.74 Å². The zero-order chi connectivity index (χ0) is 15.4. The number of ether oxygens (including phenoxy) is 1. The van der Waals surface area contributed by atoms with Crippen molar-refractivity contribution < 1.29 is 14.5 Å². The van der Waals surface area contributed by atoms with Crippen molar-refractivity contribution in [3.05, 3.63) is 62.6 Å². The zero-order valence-electron chi connectivity index (χ0n) is 11.0. The Morgan fingerprint density at radius 3 is 2.62 bits per heavy atom. The standard InChI is InChI=1S/C14H11BrN2O4/c1-21-13-11(6-3-7-12(13)17(19)20)14(18)16-10-5-2-4-9(15)8-10/h2-8H,1H3,(H,16,18). The van der Waals surface area contributed by atoms with E-state index in [9.17, 15) is 14.9 Å². The van der Waals surface area contributed by atoms with Gasteiger partial charge >= 0.3 is 5.69 Å². The lowest BCUT2D eigenvalue weighted by molar-refractivity contribution is -0.385. The number of methoxy groups -OCH3 is 1. The fraction of sp³-hybridized carbons (Fsp3) is 0.0714. The third kappa shape index (κ3) is 3.38. The summed E-state index contributed by atoms with van der Waals surface area (Å²) in [7, 11) is 1.29. The van der Waals surface area contributed by atoms with Crippen molar-refractivity contribution >= 4 is 33.2 Å². The van der Waals surface area contributed by atoms with Crippen LogP contribution in [0, 0.1) is 10.1 Å². The van der Waals surface area contributed by atoms with Crippen molar-refractivity contribution in [3.8, 4) is 5.75 Å². The Hall–Kier alpha value is -2.41. The Bertz CT molecular complexity index is 703. The summed E-state index contributed by atoms with van der Waals surface area (Å²) in [5.41, 5.74) is 0.425. The van der Waals surface area contributed by atoms with Crippen LogP contribution in [0.1, 0.15) is 10.4 Å². The van der Waals surface area contributed by atoms with Gasteiger partial charge in [-0.05, 0) is 24.3 Å². The van der Waals surface area contributed by atoms with Gasteiger partial charge in [0.2, 0.25) is 5.75 Å². The van der Waals surface area contributed by atoms with Crippen LogP contribution in [0.15, 0.2) is 46.9 Å². The molecule has 0 aromatic heterocycles. The van der Waals surface area contributed by atoms with Crippen LogP contribution < -0.4 is 10.1 Å². The first-order valence-corrected chi connectivity index (χ1v) is 6.70. The van der Waals surface area contributed by atoms with E-state index < -0.39 is 10.8 Å². The van der Waals surface area contributed by atoms with Crippen molar-refractivity contribution in [2.75, 3.05) is 12.4 Å². The van der Waals surface area contributed by atoms with E-state index in [1.54, 1.807) is 18.2 Å². The van der Waals surface area contributed by atoms with Crippen molar-refractivity contribution in [1.82, 2.24) is 0 Å². The molecule has 0 fully saturated rings. The summed E-state index contributed by atoms with van der Waals surface area (Å²) in [6.45, 7) is 0. The molecule has 0 aliphatic rings. The Labute approximate surface area is 129 Å². The first-order chi connectivity index (χ1) is 10.0. The van der Waals surface area contributed by atoms with Crippen LogP contribution in [0.3, 0.4) is 0 Å². The van der Waals surface area contributed by atoms with Gasteiger partial charge in [-0.2, -0.15) is 0 Å². The van der Waals surface area contributed by atoms with Gasteiger partial charge in [-0.15, -0.1) is 0 Å². The maximum atomic E-state index is 12.3. The van der Waals surface area contributed by atoms with Gasteiger partial charge in [0, 0.05) is 16.2 Å². The number of nitro benzene ring substituents is 1.